The standard InChI is InChI=1S/C21H28F3N3O2/c1-27(18(19(25)28)10-13-2-3-13)20(9-8-14-11-26-12-17(14)20)15-4-6-16(7-5-15)29-21(22,23)24/h4-7,13-14,17-18,26H,2-3,8-12H2,1H3,(H2,25,28)/t14-,17+,18+,20-/m1/s1. The molecule has 1 aromatic carbocycles. The molecule has 4 rings (SSSR count). The van der Waals surface area contributed by atoms with Crippen LogP contribution in [0.2, 0.25) is 0 Å². The number of likely N-dealkylation sites (N-methyl/N-ethyl adjacent to an activating group) is 1. The molecule has 3 aliphatic rings. The van der Waals surface area contributed by atoms with Gasteiger partial charge in [-0.2, -0.15) is 0 Å². The van der Waals surface area contributed by atoms with Crippen molar-refractivity contribution in [3.05, 3.63) is 29.8 Å². The summed E-state index contributed by atoms with van der Waals surface area (Å²) in [4.78, 5) is 14.5. The molecule has 5 nitrogen and oxygen atoms in total. The Balaban J connectivity index is 1.69. The lowest BCUT2D eigenvalue weighted by molar-refractivity contribution is -0.274. The molecule has 4 atom stereocenters. The van der Waals surface area contributed by atoms with Crippen LogP contribution in [0.3, 0.4) is 0 Å². The quantitative estimate of drug-likeness (QED) is 0.724. The summed E-state index contributed by atoms with van der Waals surface area (Å²) in [5, 5.41) is 3.45. The van der Waals surface area contributed by atoms with Crippen LogP contribution in [-0.2, 0) is 10.3 Å². The van der Waals surface area contributed by atoms with E-state index in [1.54, 1.807) is 12.1 Å². The summed E-state index contributed by atoms with van der Waals surface area (Å²) in [6, 6.07) is 5.79. The number of carbonyl (C=O) groups is 1. The monoisotopic (exact) mass is 411 g/mol. The van der Waals surface area contributed by atoms with Crippen molar-refractivity contribution in [2.24, 2.45) is 23.5 Å². The van der Waals surface area contributed by atoms with Crippen molar-refractivity contribution in [1.29, 1.82) is 0 Å². The van der Waals surface area contributed by atoms with Crippen molar-refractivity contribution in [1.82, 2.24) is 10.2 Å². The number of carbonyl (C=O) groups excluding carboxylic acids is 1. The number of nitrogens with one attached hydrogen (secondary N) is 1. The summed E-state index contributed by atoms with van der Waals surface area (Å²) < 4.78 is 41.7. The molecule has 0 aromatic heterocycles. The lowest BCUT2D eigenvalue weighted by Gasteiger charge is -2.47. The lowest BCUT2D eigenvalue weighted by atomic mass is 9.76. The predicted octanol–water partition coefficient (Wildman–Crippen LogP) is 3.00. The topological polar surface area (TPSA) is 67.6 Å². The molecular formula is C21H28F3N3O2. The van der Waals surface area contributed by atoms with E-state index in [0.29, 0.717) is 11.8 Å². The Labute approximate surface area is 168 Å². The molecule has 8 heteroatoms. The van der Waals surface area contributed by atoms with E-state index in [-0.39, 0.29) is 23.6 Å². The first-order chi connectivity index (χ1) is 13.7. The van der Waals surface area contributed by atoms with Gasteiger partial charge in [0.05, 0.1) is 11.6 Å². The average Bonchev–Trinajstić information content (AvgIpc) is 3.21. The van der Waals surface area contributed by atoms with Gasteiger partial charge >= 0.3 is 6.36 Å². The van der Waals surface area contributed by atoms with Gasteiger partial charge in [-0.05, 0) is 68.3 Å². The molecule has 3 N–H and O–H groups in total. The van der Waals surface area contributed by atoms with Gasteiger partial charge in [0.15, 0.2) is 0 Å². The molecule has 1 amide bonds. The number of alkyl halides is 3. The van der Waals surface area contributed by atoms with Gasteiger partial charge in [-0.3, -0.25) is 9.69 Å². The van der Waals surface area contributed by atoms with Crippen LogP contribution in [0.25, 0.3) is 0 Å². The van der Waals surface area contributed by atoms with Crippen LogP contribution in [0.4, 0.5) is 13.2 Å². The number of nitrogens with two attached hydrogens (primary N) is 1. The molecule has 1 aliphatic heterocycles. The van der Waals surface area contributed by atoms with Crippen molar-refractivity contribution in [3.8, 4) is 5.75 Å². The number of benzene rings is 1. The van der Waals surface area contributed by atoms with Crippen LogP contribution >= 0.6 is 0 Å². The summed E-state index contributed by atoms with van der Waals surface area (Å²) in [6.07, 6.45) is 0.147. The van der Waals surface area contributed by atoms with Crippen molar-refractivity contribution >= 4 is 5.91 Å². The second-order valence-corrected chi connectivity index (χ2v) is 8.77. The summed E-state index contributed by atoms with van der Waals surface area (Å²) in [7, 11) is 1.96. The molecule has 3 fully saturated rings. The van der Waals surface area contributed by atoms with Crippen LogP contribution in [0.1, 0.15) is 37.7 Å². The number of hydrogen-bond donors (Lipinski definition) is 2. The molecule has 0 radical (unpaired) electrons. The smallest absolute Gasteiger partial charge is 0.406 e. The number of fused-ring (bicyclic) bond motifs is 1. The zero-order valence-electron chi connectivity index (χ0n) is 16.5. The SMILES string of the molecule is CN([C@@H](CC1CC1)C(N)=O)[C@@]1(c2ccc(OC(F)(F)F)cc2)CC[C@@H]2CNC[C@@H]21. The average molecular weight is 411 g/mol. The summed E-state index contributed by atoms with van der Waals surface area (Å²) in [5.41, 5.74) is 6.30. The Bertz CT molecular complexity index is 751. The highest BCUT2D eigenvalue weighted by atomic mass is 19.4. The predicted molar refractivity (Wildman–Crippen MR) is 102 cm³/mol. The van der Waals surface area contributed by atoms with Crippen LogP contribution in [0.5, 0.6) is 5.75 Å². The van der Waals surface area contributed by atoms with Crippen molar-refractivity contribution < 1.29 is 22.7 Å². The Morgan fingerprint density at radius 2 is 1.97 bits per heavy atom. The van der Waals surface area contributed by atoms with E-state index in [4.69, 9.17) is 5.73 Å². The van der Waals surface area contributed by atoms with Gasteiger partial charge in [-0.15, -0.1) is 13.2 Å². The number of halogens is 3. The highest BCUT2D eigenvalue weighted by molar-refractivity contribution is 5.80. The minimum Gasteiger partial charge on any atom is -0.406 e. The van der Waals surface area contributed by atoms with Crippen LogP contribution in [-0.4, -0.2) is 43.3 Å². The van der Waals surface area contributed by atoms with E-state index in [9.17, 15) is 18.0 Å². The summed E-state index contributed by atoms with van der Waals surface area (Å²) >= 11 is 0. The van der Waals surface area contributed by atoms with E-state index in [1.165, 1.54) is 12.1 Å². The number of hydrogen-bond acceptors (Lipinski definition) is 4. The zero-order valence-corrected chi connectivity index (χ0v) is 16.5. The molecule has 1 saturated heterocycles. The number of rotatable bonds is 7. The third-order valence-corrected chi connectivity index (χ3v) is 7.12. The zero-order chi connectivity index (χ0) is 20.8. The number of amides is 1. The number of ether oxygens (including phenoxy) is 1. The third kappa shape index (κ3) is 3.97. The molecule has 29 heavy (non-hydrogen) atoms. The molecular weight excluding hydrogens is 383 g/mol. The van der Waals surface area contributed by atoms with Gasteiger partial charge in [0.25, 0.3) is 0 Å². The Hall–Kier alpha value is -1.80. The van der Waals surface area contributed by atoms with Crippen LogP contribution in [0.15, 0.2) is 24.3 Å². The minimum atomic E-state index is -4.72. The largest absolute Gasteiger partial charge is 0.573 e. The van der Waals surface area contributed by atoms with Crippen molar-refractivity contribution in [2.75, 3.05) is 20.1 Å². The maximum atomic E-state index is 12.6. The maximum absolute atomic E-state index is 12.6. The number of primary amides is 1. The van der Waals surface area contributed by atoms with Gasteiger partial charge in [0.1, 0.15) is 5.75 Å². The fourth-order valence-corrected chi connectivity index (χ4v) is 5.54. The Morgan fingerprint density at radius 1 is 1.28 bits per heavy atom. The Morgan fingerprint density at radius 3 is 2.55 bits per heavy atom. The van der Waals surface area contributed by atoms with Gasteiger partial charge in [0, 0.05) is 6.54 Å². The molecule has 1 heterocycles. The molecule has 2 saturated carbocycles. The lowest BCUT2D eigenvalue weighted by Crippen LogP contribution is -2.56. The second-order valence-electron chi connectivity index (χ2n) is 8.77. The first-order valence-corrected chi connectivity index (χ1v) is 10.3. The third-order valence-electron chi connectivity index (χ3n) is 7.12. The van der Waals surface area contributed by atoms with Gasteiger partial charge < -0.3 is 15.8 Å². The van der Waals surface area contributed by atoms with E-state index in [0.717, 1.165) is 50.8 Å². The molecule has 2 aliphatic carbocycles. The molecule has 160 valence electrons. The van der Waals surface area contributed by atoms with Gasteiger partial charge in [-0.1, -0.05) is 25.0 Å². The maximum Gasteiger partial charge on any atom is 0.573 e. The van der Waals surface area contributed by atoms with E-state index >= 15 is 0 Å². The van der Waals surface area contributed by atoms with E-state index < -0.39 is 11.9 Å². The summed E-state index contributed by atoms with van der Waals surface area (Å²) in [6.45, 7) is 1.75. The first kappa shape index (κ1) is 20.5. The highest BCUT2D eigenvalue weighted by Crippen LogP contribution is 2.53. The van der Waals surface area contributed by atoms with Crippen LogP contribution < -0.4 is 15.8 Å². The van der Waals surface area contributed by atoms with Gasteiger partial charge in [-0.25, -0.2) is 0 Å². The fraction of sp³-hybridized carbons (Fsp3) is 0.667. The molecule has 0 unspecified atom stereocenters. The van der Waals surface area contributed by atoms with Crippen molar-refractivity contribution in [3.63, 3.8) is 0 Å². The highest BCUT2D eigenvalue weighted by Gasteiger charge is 2.55. The van der Waals surface area contributed by atoms with Crippen LogP contribution in [0, 0.1) is 17.8 Å². The summed E-state index contributed by atoms with van der Waals surface area (Å²) in [5.74, 6) is 0.738. The van der Waals surface area contributed by atoms with Crippen molar-refractivity contribution in [2.45, 2.75) is 50.0 Å². The molecule has 1 aromatic rings. The van der Waals surface area contributed by atoms with E-state index in [2.05, 4.69) is 15.0 Å². The number of nitrogens with zero attached hydrogens (tertiary/aromatic N) is 1. The second kappa shape index (κ2) is 7.47. The Kier molecular flexibility index (Phi) is 5.27. The molecule has 0 bridgehead atoms. The van der Waals surface area contributed by atoms with Gasteiger partial charge in [0.2, 0.25) is 5.91 Å². The molecule has 0 spiro atoms. The minimum absolute atomic E-state index is 0.234. The fourth-order valence-electron chi connectivity index (χ4n) is 5.54. The first-order valence-electron chi connectivity index (χ1n) is 10.3. The van der Waals surface area contributed by atoms with E-state index in [1.807, 2.05) is 7.05 Å². The normalized spacial score (nSPS) is 30.4.